The van der Waals surface area contributed by atoms with Crippen LogP contribution in [0.3, 0.4) is 0 Å². The zero-order valence-corrected chi connectivity index (χ0v) is 14.9. The first kappa shape index (κ1) is 17.2. The second-order valence-corrected chi connectivity index (χ2v) is 8.04. The summed E-state index contributed by atoms with van der Waals surface area (Å²) < 4.78 is 0. The molecule has 0 radical (unpaired) electrons. The van der Waals surface area contributed by atoms with E-state index in [9.17, 15) is 4.79 Å². The van der Waals surface area contributed by atoms with Gasteiger partial charge < -0.3 is 15.1 Å². The van der Waals surface area contributed by atoms with Crippen LogP contribution in [0.4, 0.5) is 4.79 Å². The Kier molecular flexibility index (Phi) is 6.20. The van der Waals surface area contributed by atoms with E-state index in [-0.39, 0.29) is 6.03 Å². The summed E-state index contributed by atoms with van der Waals surface area (Å²) >= 11 is 1.70. The normalized spacial score (nSPS) is 18.5. The van der Waals surface area contributed by atoms with Crippen molar-refractivity contribution in [2.45, 2.75) is 33.2 Å². The predicted molar refractivity (Wildman–Crippen MR) is 91.1 cm³/mol. The van der Waals surface area contributed by atoms with Crippen LogP contribution >= 0.6 is 11.3 Å². The number of likely N-dealkylation sites (tertiary alicyclic amines) is 1. The van der Waals surface area contributed by atoms with Gasteiger partial charge in [0, 0.05) is 37.1 Å². The Labute approximate surface area is 137 Å². The van der Waals surface area contributed by atoms with Gasteiger partial charge >= 0.3 is 6.03 Å². The lowest BCUT2D eigenvalue weighted by atomic mass is 10.1. The summed E-state index contributed by atoms with van der Waals surface area (Å²) in [4.78, 5) is 21.9. The number of aromatic nitrogens is 1. The molecule has 1 saturated heterocycles. The number of rotatable bonds is 6. The van der Waals surface area contributed by atoms with Crippen molar-refractivity contribution in [1.82, 2.24) is 20.1 Å². The van der Waals surface area contributed by atoms with E-state index in [2.05, 4.69) is 43.1 Å². The lowest BCUT2D eigenvalue weighted by Crippen LogP contribution is -2.38. The monoisotopic (exact) mass is 324 g/mol. The number of thiazole rings is 1. The molecule has 2 heterocycles. The van der Waals surface area contributed by atoms with Crippen LogP contribution < -0.4 is 5.32 Å². The summed E-state index contributed by atoms with van der Waals surface area (Å²) in [5.74, 6) is 1.22. The van der Waals surface area contributed by atoms with Crippen molar-refractivity contribution in [2.75, 3.05) is 33.7 Å². The van der Waals surface area contributed by atoms with Crippen molar-refractivity contribution in [1.29, 1.82) is 0 Å². The third-order valence-electron chi connectivity index (χ3n) is 3.79. The van der Waals surface area contributed by atoms with E-state index in [1.54, 1.807) is 11.3 Å². The molecule has 124 valence electrons. The molecule has 2 amide bonds. The van der Waals surface area contributed by atoms with Crippen molar-refractivity contribution < 1.29 is 4.79 Å². The second-order valence-electron chi connectivity index (χ2n) is 6.84. The van der Waals surface area contributed by atoms with E-state index in [1.165, 1.54) is 0 Å². The molecule has 0 unspecified atom stereocenters. The maximum absolute atomic E-state index is 12.2. The number of nitrogens with zero attached hydrogens (tertiary/aromatic N) is 3. The molecule has 1 fully saturated rings. The van der Waals surface area contributed by atoms with Crippen molar-refractivity contribution in [3.05, 3.63) is 16.1 Å². The maximum Gasteiger partial charge on any atom is 0.317 e. The predicted octanol–water partition coefficient (Wildman–Crippen LogP) is 2.43. The minimum absolute atomic E-state index is 0.0556. The van der Waals surface area contributed by atoms with Crippen LogP contribution in [0, 0.1) is 11.8 Å². The van der Waals surface area contributed by atoms with Crippen molar-refractivity contribution >= 4 is 17.4 Å². The Bertz CT molecular complexity index is 486. The van der Waals surface area contributed by atoms with E-state index < -0.39 is 0 Å². The molecule has 1 atom stereocenters. The first-order valence-corrected chi connectivity index (χ1v) is 8.86. The van der Waals surface area contributed by atoms with Gasteiger partial charge in [0.05, 0.1) is 11.6 Å². The molecule has 0 aliphatic carbocycles. The molecular weight excluding hydrogens is 296 g/mol. The van der Waals surface area contributed by atoms with Gasteiger partial charge in [0.15, 0.2) is 0 Å². The summed E-state index contributed by atoms with van der Waals surface area (Å²) in [6.45, 7) is 7.76. The van der Waals surface area contributed by atoms with Gasteiger partial charge in [-0.25, -0.2) is 9.78 Å². The molecule has 1 aromatic heterocycles. The van der Waals surface area contributed by atoms with Gasteiger partial charge in [-0.3, -0.25) is 0 Å². The highest BCUT2D eigenvalue weighted by Gasteiger charge is 2.26. The highest BCUT2D eigenvalue weighted by Crippen LogP contribution is 2.18. The van der Waals surface area contributed by atoms with Gasteiger partial charge in [0.1, 0.15) is 0 Å². The number of carbonyl (C=O) groups is 1. The molecule has 22 heavy (non-hydrogen) atoms. The van der Waals surface area contributed by atoms with E-state index in [0.29, 0.717) is 18.4 Å². The molecule has 1 aromatic rings. The molecule has 5 nitrogen and oxygen atoms in total. The number of hydrogen-bond donors (Lipinski definition) is 1. The van der Waals surface area contributed by atoms with E-state index in [1.807, 2.05) is 11.1 Å². The van der Waals surface area contributed by atoms with Crippen LogP contribution in [0.15, 0.2) is 6.20 Å². The SMILES string of the molecule is CC(C)Cc1ncc(CNC(=O)N2CC[C@@H](CN(C)C)C2)s1. The topological polar surface area (TPSA) is 48.5 Å². The van der Waals surface area contributed by atoms with Crippen LogP contribution in [0.5, 0.6) is 0 Å². The van der Waals surface area contributed by atoms with Crippen molar-refractivity contribution in [3.8, 4) is 0 Å². The number of urea groups is 1. The van der Waals surface area contributed by atoms with Gasteiger partial charge in [-0.05, 0) is 32.4 Å². The molecular formula is C16H28N4OS. The fourth-order valence-electron chi connectivity index (χ4n) is 2.83. The van der Waals surface area contributed by atoms with Gasteiger partial charge in [0.2, 0.25) is 0 Å². The maximum atomic E-state index is 12.2. The molecule has 1 N–H and O–H groups in total. The Morgan fingerprint density at radius 3 is 3.00 bits per heavy atom. The van der Waals surface area contributed by atoms with Crippen LogP contribution in [0.25, 0.3) is 0 Å². The quantitative estimate of drug-likeness (QED) is 0.874. The van der Waals surface area contributed by atoms with Gasteiger partial charge in [-0.1, -0.05) is 13.8 Å². The molecule has 0 spiro atoms. The Hall–Kier alpha value is -1.14. The lowest BCUT2D eigenvalue weighted by Gasteiger charge is -2.18. The molecule has 1 aliphatic heterocycles. The zero-order valence-electron chi connectivity index (χ0n) is 14.1. The summed E-state index contributed by atoms with van der Waals surface area (Å²) in [6.07, 6.45) is 4.00. The average Bonchev–Trinajstić information content (AvgIpc) is 3.04. The molecule has 2 rings (SSSR count). The lowest BCUT2D eigenvalue weighted by molar-refractivity contribution is 0.205. The van der Waals surface area contributed by atoms with E-state index >= 15 is 0 Å². The molecule has 6 heteroatoms. The number of carbonyl (C=O) groups excluding carboxylic acids is 1. The first-order valence-electron chi connectivity index (χ1n) is 8.05. The van der Waals surface area contributed by atoms with Crippen LogP contribution in [-0.4, -0.2) is 54.5 Å². The fourth-order valence-corrected chi connectivity index (χ4v) is 3.90. The number of nitrogens with one attached hydrogen (secondary N) is 1. The van der Waals surface area contributed by atoms with Crippen LogP contribution in [-0.2, 0) is 13.0 Å². The first-order chi connectivity index (χ1) is 10.4. The van der Waals surface area contributed by atoms with Crippen molar-refractivity contribution in [3.63, 3.8) is 0 Å². The summed E-state index contributed by atoms with van der Waals surface area (Å²) in [6, 6.07) is 0.0556. The summed E-state index contributed by atoms with van der Waals surface area (Å²) in [5, 5.41) is 4.18. The highest BCUT2D eigenvalue weighted by molar-refractivity contribution is 7.11. The average molecular weight is 324 g/mol. The van der Waals surface area contributed by atoms with E-state index in [4.69, 9.17) is 0 Å². The largest absolute Gasteiger partial charge is 0.333 e. The van der Waals surface area contributed by atoms with Gasteiger partial charge in [-0.15, -0.1) is 11.3 Å². The van der Waals surface area contributed by atoms with E-state index in [0.717, 1.165) is 42.4 Å². The Morgan fingerprint density at radius 2 is 2.32 bits per heavy atom. The zero-order chi connectivity index (χ0) is 16.1. The fraction of sp³-hybridized carbons (Fsp3) is 0.750. The smallest absolute Gasteiger partial charge is 0.317 e. The minimum Gasteiger partial charge on any atom is -0.333 e. The second kappa shape index (κ2) is 7.92. The van der Waals surface area contributed by atoms with Crippen molar-refractivity contribution in [2.24, 2.45) is 11.8 Å². The molecule has 1 aliphatic rings. The third-order valence-corrected chi connectivity index (χ3v) is 4.81. The highest BCUT2D eigenvalue weighted by atomic mass is 32.1. The number of amides is 2. The van der Waals surface area contributed by atoms with Crippen LogP contribution in [0.2, 0.25) is 0 Å². The molecule has 0 aromatic carbocycles. The Balaban J connectivity index is 1.75. The molecule has 0 bridgehead atoms. The standard InChI is InChI=1S/C16H28N4OS/c1-12(2)7-15-17-8-14(22-15)9-18-16(21)20-6-5-13(11-20)10-19(3)4/h8,12-13H,5-7,9-11H2,1-4H3,(H,18,21)/t13-/m0/s1. The van der Waals surface area contributed by atoms with Gasteiger partial charge in [0.25, 0.3) is 0 Å². The van der Waals surface area contributed by atoms with Gasteiger partial charge in [-0.2, -0.15) is 0 Å². The summed E-state index contributed by atoms with van der Waals surface area (Å²) in [5.41, 5.74) is 0. The third kappa shape index (κ3) is 5.25. The molecule has 0 saturated carbocycles. The Morgan fingerprint density at radius 1 is 1.55 bits per heavy atom. The number of hydrogen-bond acceptors (Lipinski definition) is 4. The van der Waals surface area contributed by atoms with Crippen LogP contribution in [0.1, 0.15) is 30.2 Å². The summed E-state index contributed by atoms with van der Waals surface area (Å²) in [7, 11) is 4.17. The minimum atomic E-state index is 0.0556.